The van der Waals surface area contributed by atoms with Crippen molar-refractivity contribution in [1.29, 1.82) is 0 Å². The number of amides is 4. The minimum atomic E-state index is -0.495. The van der Waals surface area contributed by atoms with Crippen LogP contribution in [-0.2, 0) is 9.59 Å². The number of anilines is 3. The van der Waals surface area contributed by atoms with Gasteiger partial charge in [-0.2, -0.15) is 0 Å². The van der Waals surface area contributed by atoms with E-state index in [0.717, 1.165) is 11.4 Å². The highest BCUT2D eigenvalue weighted by Crippen LogP contribution is 2.29. The van der Waals surface area contributed by atoms with Crippen molar-refractivity contribution in [3.63, 3.8) is 0 Å². The van der Waals surface area contributed by atoms with Crippen molar-refractivity contribution in [1.82, 2.24) is 0 Å². The highest BCUT2D eigenvalue weighted by Gasteiger charge is 2.43. The lowest BCUT2D eigenvalue weighted by Crippen LogP contribution is -2.33. The molecule has 1 N–H and O–H groups in total. The van der Waals surface area contributed by atoms with E-state index >= 15 is 0 Å². The zero-order valence-electron chi connectivity index (χ0n) is 15.9. The van der Waals surface area contributed by atoms with Gasteiger partial charge in [0.1, 0.15) is 6.04 Å². The Balaban J connectivity index is 0.000000224. The van der Waals surface area contributed by atoms with Gasteiger partial charge in [-0.25, -0.2) is 9.69 Å². The minimum absolute atomic E-state index is 0.204. The van der Waals surface area contributed by atoms with E-state index in [9.17, 15) is 14.4 Å². The van der Waals surface area contributed by atoms with Crippen LogP contribution >= 0.6 is 0 Å². The molecule has 1 heterocycles. The van der Waals surface area contributed by atoms with E-state index in [2.05, 4.69) is 5.32 Å². The summed E-state index contributed by atoms with van der Waals surface area (Å²) in [4.78, 5) is 37.5. The number of nitrogens with one attached hydrogen (secondary N) is 1. The molecule has 1 atom stereocenters. The van der Waals surface area contributed by atoms with Crippen molar-refractivity contribution in [3.05, 3.63) is 91.0 Å². The molecule has 0 aliphatic carbocycles. The number of rotatable bonds is 4. The molecule has 0 saturated carbocycles. The Bertz CT molecular complexity index is 962. The highest BCUT2D eigenvalue weighted by atomic mass is 16.2. The first-order valence-electron chi connectivity index (χ1n) is 9.16. The van der Waals surface area contributed by atoms with Crippen molar-refractivity contribution in [2.24, 2.45) is 0 Å². The number of para-hydroxylation sites is 3. The van der Waals surface area contributed by atoms with Crippen molar-refractivity contribution >= 4 is 35.4 Å². The molecule has 1 aliphatic rings. The zero-order valence-corrected chi connectivity index (χ0v) is 15.9. The first kappa shape index (κ1) is 19.8. The number of nitrogens with zero attached hydrogens (tertiary/aromatic N) is 2. The largest absolute Gasteiger partial charge is 0.336 e. The molecule has 6 heteroatoms. The summed E-state index contributed by atoms with van der Waals surface area (Å²) in [5.74, 6) is -0.204. The molecule has 4 rings (SSSR count). The van der Waals surface area contributed by atoms with E-state index in [-0.39, 0.29) is 11.9 Å². The van der Waals surface area contributed by atoms with E-state index in [1.54, 1.807) is 19.1 Å². The summed E-state index contributed by atoms with van der Waals surface area (Å²) in [5, 5.41) is 2.53. The SMILES string of the molecule is CC1C(=O)N(c2ccccc2)C(=O)N1c1ccccc1.O=CNc1ccccc1. The maximum atomic E-state index is 12.6. The van der Waals surface area contributed by atoms with Crippen LogP contribution < -0.4 is 15.1 Å². The molecule has 146 valence electrons. The van der Waals surface area contributed by atoms with E-state index < -0.39 is 6.04 Å². The summed E-state index contributed by atoms with van der Waals surface area (Å²) in [6.07, 6.45) is 0.662. The summed E-state index contributed by atoms with van der Waals surface area (Å²) in [5.41, 5.74) is 2.16. The van der Waals surface area contributed by atoms with Gasteiger partial charge in [-0.1, -0.05) is 54.6 Å². The van der Waals surface area contributed by atoms with Crippen LogP contribution in [0.1, 0.15) is 6.92 Å². The standard InChI is InChI=1S/C16H14N2O2.C7H7NO/c1-12-15(19)18(14-10-6-3-7-11-14)16(20)17(12)13-8-4-2-5-9-13;9-6-8-7-4-2-1-3-5-7/h2-12H,1H3;1-6H,(H,8,9). The van der Waals surface area contributed by atoms with Crippen LogP contribution in [0.2, 0.25) is 0 Å². The molecular weight excluding hydrogens is 366 g/mol. The van der Waals surface area contributed by atoms with Crippen LogP contribution in [0, 0.1) is 0 Å². The quantitative estimate of drug-likeness (QED) is 0.536. The Morgan fingerprint density at radius 3 is 1.76 bits per heavy atom. The fourth-order valence-electron chi connectivity index (χ4n) is 3.00. The molecule has 0 bridgehead atoms. The van der Waals surface area contributed by atoms with Crippen molar-refractivity contribution < 1.29 is 14.4 Å². The average Bonchev–Trinajstić information content (AvgIpc) is 2.99. The third kappa shape index (κ3) is 4.50. The lowest BCUT2D eigenvalue weighted by Gasteiger charge is -2.19. The summed E-state index contributed by atoms with van der Waals surface area (Å²) in [6.45, 7) is 1.75. The molecule has 1 saturated heterocycles. The second kappa shape index (κ2) is 9.32. The number of carbonyl (C=O) groups is 3. The van der Waals surface area contributed by atoms with E-state index in [1.807, 2.05) is 78.9 Å². The first-order valence-corrected chi connectivity index (χ1v) is 9.16. The van der Waals surface area contributed by atoms with E-state index in [0.29, 0.717) is 12.1 Å². The zero-order chi connectivity index (χ0) is 20.6. The third-order valence-electron chi connectivity index (χ3n) is 4.41. The van der Waals surface area contributed by atoms with Gasteiger partial charge in [0.25, 0.3) is 5.91 Å². The molecule has 0 spiro atoms. The maximum Gasteiger partial charge on any atom is 0.336 e. The molecule has 29 heavy (non-hydrogen) atoms. The smallest absolute Gasteiger partial charge is 0.329 e. The third-order valence-corrected chi connectivity index (χ3v) is 4.41. The molecule has 1 aliphatic heterocycles. The van der Waals surface area contributed by atoms with Gasteiger partial charge in [0, 0.05) is 11.4 Å². The van der Waals surface area contributed by atoms with Gasteiger partial charge in [0.2, 0.25) is 6.41 Å². The fourth-order valence-corrected chi connectivity index (χ4v) is 3.00. The van der Waals surface area contributed by atoms with Gasteiger partial charge in [0.05, 0.1) is 5.69 Å². The summed E-state index contributed by atoms with van der Waals surface area (Å²) >= 11 is 0. The van der Waals surface area contributed by atoms with Gasteiger partial charge in [-0.15, -0.1) is 0 Å². The Kier molecular flexibility index (Phi) is 6.37. The van der Waals surface area contributed by atoms with E-state index in [4.69, 9.17) is 0 Å². The second-order valence-electron chi connectivity index (χ2n) is 6.30. The topological polar surface area (TPSA) is 69.7 Å². The molecule has 0 radical (unpaired) electrons. The number of imide groups is 1. The number of hydrogen-bond donors (Lipinski definition) is 1. The Hall–Kier alpha value is -3.93. The van der Waals surface area contributed by atoms with Crippen molar-refractivity contribution in [3.8, 4) is 0 Å². The second-order valence-corrected chi connectivity index (χ2v) is 6.30. The number of carbonyl (C=O) groups excluding carboxylic acids is 3. The molecular formula is C23H21N3O3. The molecule has 3 aromatic rings. The van der Waals surface area contributed by atoms with Gasteiger partial charge < -0.3 is 5.32 Å². The minimum Gasteiger partial charge on any atom is -0.329 e. The molecule has 6 nitrogen and oxygen atoms in total. The monoisotopic (exact) mass is 387 g/mol. The first-order chi connectivity index (χ1) is 14.1. The number of benzene rings is 3. The summed E-state index contributed by atoms with van der Waals surface area (Å²) in [7, 11) is 0. The Morgan fingerprint density at radius 2 is 1.24 bits per heavy atom. The molecule has 0 aromatic heterocycles. The van der Waals surface area contributed by atoms with E-state index in [1.165, 1.54) is 9.80 Å². The Labute approximate surface area is 169 Å². The maximum absolute atomic E-state index is 12.6. The van der Waals surface area contributed by atoms with Crippen LogP contribution in [0.25, 0.3) is 0 Å². The van der Waals surface area contributed by atoms with Crippen LogP contribution in [0.4, 0.5) is 21.9 Å². The van der Waals surface area contributed by atoms with Crippen molar-refractivity contribution in [2.45, 2.75) is 13.0 Å². The normalized spacial score (nSPS) is 15.6. The molecule has 1 fully saturated rings. The summed E-state index contributed by atoms with van der Waals surface area (Å²) < 4.78 is 0. The highest BCUT2D eigenvalue weighted by molar-refractivity contribution is 6.28. The van der Waals surface area contributed by atoms with Crippen LogP contribution in [0.5, 0.6) is 0 Å². The van der Waals surface area contributed by atoms with Gasteiger partial charge in [-0.3, -0.25) is 14.5 Å². The molecule has 4 amide bonds. The molecule has 1 unspecified atom stereocenters. The van der Waals surface area contributed by atoms with Gasteiger partial charge in [-0.05, 0) is 43.3 Å². The average molecular weight is 387 g/mol. The van der Waals surface area contributed by atoms with Crippen LogP contribution in [0.3, 0.4) is 0 Å². The van der Waals surface area contributed by atoms with Crippen molar-refractivity contribution in [2.75, 3.05) is 15.1 Å². The number of urea groups is 1. The predicted octanol–water partition coefficient (Wildman–Crippen LogP) is 4.30. The Morgan fingerprint density at radius 1 is 0.759 bits per heavy atom. The lowest BCUT2D eigenvalue weighted by atomic mass is 10.2. The fraction of sp³-hybridized carbons (Fsp3) is 0.0870. The lowest BCUT2D eigenvalue weighted by molar-refractivity contribution is -0.117. The number of hydrogen-bond acceptors (Lipinski definition) is 3. The summed E-state index contributed by atoms with van der Waals surface area (Å²) in [6, 6.07) is 26.7. The van der Waals surface area contributed by atoms with Crippen LogP contribution in [-0.4, -0.2) is 24.4 Å². The predicted molar refractivity (Wildman–Crippen MR) is 114 cm³/mol. The molecule has 3 aromatic carbocycles. The van der Waals surface area contributed by atoms with Gasteiger partial charge in [0.15, 0.2) is 0 Å². The van der Waals surface area contributed by atoms with Crippen LogP contribution in [0.15, 0.2) is 91.0 Å². The van der Waals surface area contributed by atoms with Gasteiger partial charge >= 0.3 is 6.03 Å².